The smallest absolute Gasteiger partial charge is 0.339 e. The number of hydrogen-bond donors (Lipinski definition) is 0. The van der Waals surface area contributed by atoms with Gasteiger partial charge in [0.25, 0.3) is 0 Å². The molecular weight excluding hydrogens is 260 g/mol. The van der Waals surface area contributed by atoms with Crippen LogP contribution >= 0.6 is 11.6 Å². The summed E-state index contributed by atoms with van der Waals surface area (Å²) in [4.78, 5) is 11.6. The van der Waals surface area contributed by atoms with E-state index in [2.05, 4.69) is 10.7 Å². The summed E-state index contributed by atoms with van der Waals surface area (Å²) in [7, 11) is 1.31. The van der Waals surface area contributed by atoms with Gasteiger partial charge < -0.3 is 4.74 Å². The summed E-state index contributed by atoms with van der Waals surface area (Å²) in [5.74, 6) is 1.97. The zero-order valence-electron chi connectivity index (χ0n) is 10.3. The quantitative estimate of drug-likeness (QED) is 0.613. The van der Waals surface area contributed by atoms with E-state index in [9.17, 15) is 4.79 Å². The monoisotopic (exact) mass is 270 g/mol. The van der Waals surface area contributed by atoms with E-state index in [1.807, 2.05) is 30.3 Å². The predicted molar refractivity (Wildman–Crippen MR) is 76.2 cm³/mol. The highest BCUT2D eigenvalue weighted by Gasteiger charge is 2.16. The first-order valence-corrected chi connectivity index (χ1v) is 5.99. The molecule has 0 radical (unpaired) electrons. The van der Waals surface area contributed by atoms with Gasteiger partial charge in [0.1, 0.15) is 0 Å². The van der Waals surface area contributed by atoms with Gasteiger partial charge in [0.05, 0.1) is 23.3 Å². The number of methoxy groups -OCH3 is 1. The van der Waals surface area contributed by atoms with Gasteiger partial charge in [-0.25, -0.2) is 4.79 Å². The molecular formula is C16H11ClO2. The maximum Gasteiger partial charge on any atom is 0.339 e. The van der Waals surface area contributed by atoms with Crippen LogP contribution in [0, 0.1) is 12.3 Å². The van der Waals surface area contributed by atoms with E-state index < -0.39 is 5.97 Å². The first kappa shape index (κ1) is 13.2. The van der Waals surface area contributed by atoms with Crippen molar-refractivity contribution < 1.29 is 9.53 Å². The lowest BCUT2D eigenvalue weighted by molar-refractivity contribution is 0.0600. The molecule has 0 bridgehead atoms. The molecule has 2 rings (SSSR count). The number of rotatable bonds is 2. The number of carbonyl (C=O) groups excluding carboxylic acids is 1. The van der Waals surface area contributed by atoms with Crippen LogP contribution in [0.5, 0.6) is 0 Å². The summed E-state index contributed by atoms with van der Waals surface area (Å²) < 4.78 is 4.69. The molecule has 0 atom stereocenters. The van der Waals surface area contributed by atoms with E-state index in [-0.39, 0.29) is 0 Å². The van der Waals surface area contributed by atoms with E-state index in [0.29, 0.717) is 16.1 Å². The Morgan fingerprint density at radius 3 is 2.47 bits per heavy atom. The van der Waals surface area contributed by atoms with Gasteiger partial charge in [-0.2, -0.15) is 0 Å². The fourth-order valence-electron chi connectivity index (χ4n) is 1.84. The minimum atomic E-state index is -0.491. The zero-order chi connectivity index (χ0) is 13.8. The first-order chi connectivity index (χ1) is 9.19. The van der Waals surface area contributed by atoms with E-state index in [4.69, 9.17) is 18.0 Å². The molecule has 0 aromatic heterocycles. The summed E-state index contributed by atoms with van der Waals surface area (Å²) in [6.07, 6.45) is 5.45. The molecule has 0 spiro atoms. The number of halogens is 1. The highest BCUT2D eigenvalue weighted by Crippen LogP contribution is 2.32. The Morgan fingerprint density at radius 1 is 1.21 bits per heavy atom. The Labute approximate surface area is 117 Å². The second-order valence-electron chi connectivity index (χ2n) is 3.85. The lowest BCUT2D eigenvalue weighted by Gasteiger charge is -2.10. The van der Waals surface area contributed by atoms with Gasteiger partial charge in [0, 0.05) is 5.56 Å². The van der Waals surface area contributed by atoms with Crippen molar-refractivity contribution in [2.24, 2.45) is 0 Å². The zero-order valence-corrected chi connectivity index (χ0v) is 11.1. The first-order valence-electron chi connectivity index (χ1n) is 5.62. The van der Waals surface area contributed by atoms with Crippen LogP contribution in [0.3, 0.4) is 0 Å². The third-order valence-corrected chi connectivity index (χ3v) is 3.17. The molecule has 0 aliphatic rings. The molecule has 0 aliphatic carbocycles. The summed E-state index contributed by atoms with van der Waals surface area (Å²) in [5.41, 5.74) is 2.40. The Hall–Kier alpha value is -2.24. The van der Waals surface area contributed by atoms with Crippen molar-refractivity contribution in [2.75, 3.05) is 7.11 Å². The molecule has 3 heteroatoms. The third-order valence-electron chi connectivity index (χ3n) is 2.78. The average molecular weight is 271 g/mol. The van der Waals surface area contributed by atoms with Crippen LogP contribution in [-0.2, 0) is 4.74 Å². The van der Waals surface area contributed by atoms with Crippen molar-refractivity contribution in [3.8, 4) is 23.5 Å². The molecule has 0 saturated heterocycles. The Morgan fingerprint density at radius 2 is 1.89 bits per heavy atom. The predicted octanol–water partition coefficient (Wildman–Crippen LogP) is 3.77. The summed E-state index contributed by atoms with van der Waals surface area (Å²) in [6.45, 7) is 0. The normalized spacial score (nSPS) is 9.74. The van der Waals surface area contributed by atoms with Crippen molar-refractivity contribution in [3.05, 3.63) is 58.6 Å². The number of ether oxygens (including phenoxy) is 1. The standard InChI is InChI=1S/C16H11ClO2/c1-3-12-14(16(18)19-2)10-9-13(15(12)17)11-7-5-4-6-8-11/h1,4-10H,2H3. The minimum Gasteiger partial charge on any atom is -0.465 e. The molecule has 2 aromatic rings. The number of carbonyl (C=O) groups is 1. The number of esters is 1. The molecule has 0 N–H and O–H groups in total. The Kier molecular flexibility index (Phi) is 3.89. The molecule has 0 saturated carbocycles. The third kappa shape index (κ3) is 2.47. The molecule has 0 amide bonds. The lowest BCUT2D eigenvalue weighted by Crippen LogP contribution is -2.05. The maximum atomic E-state index is 11.6. The number of hydrogen-bond acceptors (Lipinski definition) is 2. The van der Waals surface area contributed by atoms with Crippen molar-refractivity contribution in [1.29, 1.82) is 0 Å². The van der Waals surface area contributed by atoms with E-state index >= 15 is 0 Å². The number of benzene rings is 2. The average Bonchev–Trinajstić information content (AvgIpc) is 2.47. The van der Waals surface area contributed by atoms with E-state index in [0.717, 1.165) is 11.1 Å². The van der Waals surface area contributed by atoms with Crippen LogP contribution < -0.4 is 0 Å². The largest absolute Gasteiger partial charge is 0.465 e. The van der Waals surface area contributed by atoms with Crippen molar-refractivity contribution in [1.82, 2.24) is 0 Å². The minimum absolute atomic E-state index is 0.301. The van der Waals surface area contributed by atoms with E-state index in [1.54, 1.807) is 12.1 Å². The molecule has 0 fully saturated rings. The van der Waals surface area contributed by atoms with Gasteiger partial charge in [0.15, 0.2) is 0 Å². The summed E-state index contributed by atoms with van der Waals surface area (Å²) >= 11 is 6.30. The van der Waals surface area contributed by atoms with Gasteiger partial charge in [-0.3, -0.25) is 0 Å². The van der Waals surface area contributed by atoms with Crippen LogP contribution in [0.15, 0.2) is 42.5 Å². The highest BCUT2D eigenvalue weighted by atomic mass is 35.5. The van der Waals surface area contributed by atoms with Gasteiger partial charge >= 0.3 is 5.97 Å². The SMILES string of the molecule is C#Cc1c(C(=O)OC)ccc(-c2ccccc2)c1Cl. The van der Waals surface area contributed by atoms with Crippen LogP contribution in [0.25, 0.3) is 11.1 Å². The molecule has 0 aliphatic heterocycles. The van der Waals surface area contributed by atoms with Gasteiger partial charge in [0.2, 0.25) is 0 Å². The van der Waals surface area contributed by atoms with Crippen LogP contribution in [-0.4, -0.2) is 13.1 Å². The van der Waals surface area contributed by atoms with Gasteiger partial charge in [-0.05, 0) is 11.6 Å². The topological polar surface area (TPSA) is 26.3 Å². The van der Waals surface area contributed by atoms with Crippen molar-refractivity contribution >= 4 is 17.6 Å². The number of terminal acetylenes is 1. The molecule has 2 aromatic carbocycles. The van der Waals surface area contributed by atoms with Crippen molar-refractivity contribution in [2.45, 2.75) is 0 Å². The molecule has 19 heavy (non-hydrogen) atoms. The summed E-state index contributed by atoms with van der Waals surface area (Å²) in [6, 6.07) is 13.0. The molecule has 2 nitrogen and oxygen atoms in total. The van der Waals surface area contributed by atoms with Crippen LogP contribution in [0.2, 0.25) is 5.02 Å². The lowest BCUT2D eigenvalue weighted by atomic mass is 9.99. The fraction of sp³-hybridized carbons (Fsp3) is 0.0625. The molecule has 94 valence electrons. The maximum absolute atomic E-state index is 11.6. The molecule has 0 heterocycles. The second-order valence-corrected chi connectivity index (χ2v) is 4.23. The fourth-order valence-corrected chi connectivity index (χ4v) is 2.17. The highest BCUT2D eigenvalue weighted by molar-refractivity contribution is 6.35. The van der Waals surface area contributed by atoms with Gasteiger partial charge in [-0.1, -0.05) is 53.9 Å². The van der Waals surface area contributed by atoms with Gasteiger partial charge in [-0.15, -0.1) is 6.42 Å². The van der Waals surface area contributed by atoms with Crippen LogP contribution in [0.4, 0.5) is 0 Å². The Balaban J connectivity index is 2.63. The second kappa shape index (κ2) is 5.60. The van der Waals surface area contributed by atoms with Crippen molar-refractivity contribution in [3.63, 3.8) is 0 Å². The van der Waals surface area contributed by atoms with E-state index in [1.165, 1.54) is 7.11 Å². The Bertz CT molecular complexity index is 654. The van der Waals surface area contributed by atoms with Crippen LogP contribution in [0.1, 0.15) is 15.9 Å². The molecule has 0 unspecified atom stereocenters. The summed E-state index contributed by atoms with van der Waals surface area (Å²) in [5, 5.41) is 0.386.